The lowest BCUT2D eigenvalue weighted by molar-refractivity contribution is 0.314. The highest BCUT2D eigenvalue weighted by molar-refractivity contribution is 5.59. The van der Waals surface area contributed by atoms with Gasteiger partial charge >= 0.3 is 0 Å². The summed E-state index contributed by atoms with van der Waals surface area (Å²) in [5, 5.41) is 27.7. The molecule has 146 valence electrons. The molecule has 0 amide bonds. The quantitative estimate of drug-likeness (QED) is 0.678. The number of hydrogen-bond acceptors (Lipinski definition) is 4. The van der Waals surface area contributed by atoms with Gasteiger partial charge in [0.25, 0.3) is 0 Å². The van der Waals surface area contributed by atoms with Crippen LogP contribution in [0.15, 0.2) is 24.8 Å². The van der Waals surface area contributed by atoms with Gasteiger partial charge in [-0.1, -0.05) is 25.7 Å². The number of rotatable bonds is 7. The lowest BCUT2D eigenvalue weighted by atomic mass is 9.96. The molecule has 2 saturated carbocycles. The molecule has 0 aliphatic heterocycles. The molecule has 0 aromatic carbocycles. The molecular weight excluding hydrogens is 348 g/mol. The van der Waals surface area contributed by atoms with Gasteiger partial charge in [0.1, 0.15) is 0 Å². The van der Waals surface area contributed by atoms with Gasteiger partial charge in [-0.3, -0.25) is 9.36 Å². The van der Waals surface area contributed by atoms with E-state index in [2.05, 4.69) is 34.7 Å². The Labute approximate surface area is 166 Å². The zero-order valence-corrected chi connectivity index (χ0v) is 16.4. The minimum Gasteiger partial charge on any atom is -0.268 e. The van der Waals surface area contributed by atoms with E-state index in [1.54, 1.807) is 0 Å². The van der Waals surface area contributed by atoms with Crippen molar-refractivity contribution in [3.63, 3.8) is 0 Å². The summed E-state index contributed by atoms with van der Waals surface area (Å²) in [6, 6.07) is 5.03. The smallest absolute Gasteiger partial charge is 0.0677 e. The fraction of sp³-hybridized carbons (Fsp3) is 0.636. The second-order valence-electron chi connectivity index (χ2n) is 8.37. The van der Waals surface area contributed by atoms with E-state index in [0.29, 0.717) is 24.7 Å². The van der Waals surface area contributed by atoms with Crippen LogP contribution >= 0.6 is 0 Å². The first-order valence-corrected chi connectivity index (χ1v) is 10.6. The van der Waals surface area contributed by atoms with Crippen LogP contribution in [0.1, 0.15) is 76.3 Å². The van der Waals surface area contributed by atoms with Gasteiger partial charge in [-0.25, -0.2) is 0 Å². The summed E-state index contributed by atoms with van der Waals surface area (Å²) < 4.78 is 3.99. The van der Waals surface area contributed by atoms with Crippen molar-refractivity contribution in [1.82, 2.24) is 19.6 Å². The Balaban J connectivity index is 1.54. The summed E-state index contributed by atoms with van der Waals surface area (Å²) in [4.78, 5) is 0. The average molecular weight is 377 g/mol. The van der Waals surface area contributed by atoms with Crippen LogP contribution in [0.3, 0.4) is 0 Å². The van der Waals surface area contributed by atoms with Gasteiger partial charge in [0.15, 0.2) is 0 Å². The molecule has 2 aliphatic rings. The van der Waals surface area contributed by atoms with E-state index in [0.717, 1.165) is 11.1 Å². The van der Waals surface area contributed by atoms with Crippen LogP contribution in [0.2, 0.25) is 0 Å². The summed E-state index contributed by atoms with van der Waals surface area (Å²) >= 11 is 0. The number of aromatic nitrogens is 4. The topological polar surface area (TPSA) is 83.2 Å². The Kier molecular flexibility index (Phi) is 5.76. The van der Waals surface area contributed by atoms with Gasteiger partial charge in [0.2, 0.25) is 0 Å². The summed E-state index contributed by atoms with van der Waals surface area (Å²) in [7, 11) is 0. The zero-order valence-electron chi connectivity index (χ0n) is 16.4. The van der Waals surface area contributed by atoms with E-state index < -0.39 is 0 Å². The van der Waals surface area contributed by atoms with Crippen LogP contribution in [0, 0.1) is 34.5 Å². The second-order valence-corrected chi connectivity index (χ2v) is 8.37. The maximum atomic E-state index is 9.27. The van der Waals surface area contributed by atoms with Gasteiger partial charge < -0.3 is 0 Å². The molecule has 0 spiro atoms. The van der Waals surface area contributed by atoms with Crippen molar-refractivity contribution in [3.05, 3.63) is 24.8 Å². The van der Waals surface area contributed by atoms with Crippen molar-refractivity contribution in [2.75, 3.05) is 0 Å². The predicted octanol–water partition coefficient (Wildman–Crippen LogP) is 5.04. The van der Waals surface area contributed by atoms with Gasteiger partial charge in [-0.05, 0) is 37.5 Å². The fourth-order valence-electron chi connectivity index (χ4n) is 5.16. The van der Waals surface area contributed by atoms with Crippen LogP contribution in [0.5, 0.6) is 0 Å². The Morgan fingerprint density at radius 2 is 1.18 bits per heavy atom. The van der Waals surface area contributed by atoms with E-state index in [1.807, 2.05) is 21.8 Å². The van der Waals surface area contributed by atoms with Crippen molar-refractivity contribution < 1.29 is 0 Å². The molecule has 2 unspecified atom stereocenters. The molecule has 0 N–H and O–H groups in total. The van der Waals surface area contributed by atoms with E-state index in [9.17, 15) is 10.5 Å². The first kappa shape index (κ1) is 18.7. The normalized spacial score (nSPS) is 20.1. The largest absolute Gasteiger partial charge is 0.268 e. The molecule has 2 atom stereocenters. The van der Waals surface area contributed by atoms with Crippen molar-refractivity contribution in [1.29, 1.82) is 10.5 Å². The highest BCUT2D eigenvalue weighted by Gasteiger charge is 2.28. The van der Waals surface area contributed by atoms with Crippen LogP contribution in [0.4, 0.5) is 0 Å². The standard InChI is InChI=1S/C22H28N6/c23-11-9-21(17-5-1-2-6-17)27-15-19(13-25-27)20-14-26-28(16-20)22(10-12-24)18-7-3-4-8-18/h13-18,21-22H,1-10H2. The Morgan fingerprint density at radius 1 is 0.786 bits per heavy atom. The van der Waals surface area contributed by atoms with Gasteiger partial charge in [0, 0.05) is 23.5 Å². The third-order valence-corrected chi connectivity index (χ3v) is 6.70. The first-order valence-electron chi connectivity index (χ1n) is 10.6. The Morgan fingerprint density at radius 3 is 1.54 bits per heavy atom. The zero-order chi connectivity index (χ0) is 19.3. The van der Waals surface area contributed by atoms with Crippen LogP contribution < -0.4 is 0 Å². The van der Waals surface area contributed by atoms with Gasteiger partial charge in [0.05, 0.1) is 49.5 Å². The van der Waals surface area contributed by atoms with Crippen LogP contribution in [0.25, 0.3) is 11.1 Å². The monoisotopic (exact) mass is 376 g/mol. The molecule has 0 radical (unpaired) electrons. The van der Waals surface area contributed by atoms with Gasteiger partial charge in [-0.15, -0.1) is 0 Å². The van der Waals surface area contributed by atoms with E-state index >= 15 is 0 Å². The first-order chi connectivity index (χ1) is 13.8. The average Bonchev–Trinajstić information content (AvgIpc) is 3.50. The van der Waals surface area contributed by atoms with Crippen molar-refractivity contribution >= 4 is 0 Å². The molecule has 4 rings (SSSR count). The molecule has 2 fully saturated rings. The maximum Gasteiger partial charge on any atom is 0.0677 e. The van der Waals surface area contributed by atoms with Crippen molar-refractivity contribution in [3.8, 4) is 23.3 Å². The van der Waals surface area contributed by atoms with Crippen molar-refractivity contribution in [2.24, 2.45) is 11.8 Å². The lowest BCUT2D eigenvalue weighted by Gasteiger charge is -2.21. The maximum absolute atomic E-state index is 9.27. The minimum absolute atomic E-state index is 0.168. The Hall–Kier alpha value is -2.60. The second kappa shape index (κ2) is 8.61. The number of nitriles is 2. The Bertz CT molecular complexity index is 782. The van der Waals surface area contributed by atoms with Crippen molar-refractivity contribution in [2.45, 2.75) is 76.3 Å². The molecule has 6 nitrogen and oxygen atoms in total. The summed E-state index contributed by atoms with van der Waals surface area (Å²) in [6.45, 7) is 0. The highest BCUT2D eigenvalue weighted by atomic mass is 15.3. The van der Waals surface area contributed by atoms with Gasteiger partial charge in [-0.2, -0.15) is 20.7 Å². The van der Waals surface area contributed by atoms with E-state index in [-0.39, 0.29) is 12.1 Å². The molecule has 2 heterocycles. The number of hydrogen-bond donors (Lipinski definition) is 0. The molecule has 2 aromatic heterocycles. The minimum atomic E-state index is 0.168. The fourth-order valence-corrected chi connectivity index (χ4v) is 5.16. The third-order valence-electron chi connectivity index (χ3n) is 6.70. The molecular formula is C22H28N6. The highest BCUT2D eigenvalue weighted by Crippen LogP contribution is 2.38. The molecule has 6 heteroatoms. The molecule has 2 aliphatic carbocycles. The predicted molar refractivity (Wildman–Crippen MR) is 106 cm³/mol. The van der Waals surface area contributed by atoms with Crippen LogP contribution in [-0.2, 0) is 0 Å². The molecule has 0 bridgehead atoms. The lowest BCUT2D eigenvalue weighted by Crippen LogP contribution is -2.17. The third kappa shape index (κ3) is 3.83. The summed E-state index contributed by atoms with van der Waals surface area (Å²) in [6.07, 6.45) is 18.7. The summed E-state index contributed by atoms with van der Waals surface area (Å²) in [5.41, 5.74) is 2.07. The molecule has 0 saturated heterocycles. The van der Waals surface area contributed by atoms with Crippen LogP contribution in [-0.4, -0.2) is 19.6 Å². The van der Waals surface area contributed by atoms with E-state index in [4.69, 9.17) is 0 Å². The molecule has 2 aromatic rings. The summed E-state index contributed by atoms with van der Waals surface area (Å²) in [5.74, 6) is 1.11. The van der Waals surface area contributed by atoms with E-state index in [1.165, 1.54) is 51.4 Å². The SMILES string of the molecule is N#CCC(C1CCCC1)n1cc(-c2cnn(C(CC#N)C3CCCC3)c2)cn1. The number of nitrogens with zero attached hydrogens (tertiary/aromatic N) is 6. The molecule has 28 heavy (non-hydrogen) atoms.